The van der Waals surface area contributed by atoms with Gasteiger partial charge in [0.2, 0.25) is 5.60 Å². The maximum absolute atomic E-state index is 13.2. The minimum absolute atomic E-state index is 0.0164. The van der Waals surface area contributed by atoms with Gasteiger partial charge in [0.05, 0.1) is 12.2 Å². The van der Waals surface area contributed by atoms with Crippen molar-refractivity contribution in [1.29, 1.82) is 0 Å². The Bertz CT molecular complexity index is 1010. The number of hydrogen-bond acceptors (Lipinski definition) is 11. The van der Waals surface area contributed by atoms with Gasteiger partial charge < -0.3 is 33.9 Å². The Labute approximate surface area is 203 Å². The summed E-state index contributed by atoms with van der Waals surface area (Å²) in [4.78, 5) is 50.1. The van der Waals surface area contributed by atoms with Gasteiger partial charge in [-0.3, -0.25) is 9.59 Å². The van der Waals surface area contributed by atoms with Crippen LogP contribution >= 0.6 is 0 Å². The molecule has 35 heavy (non-hydrogen) atoms. The van der Waals surface area contributed by atoms with Crippen LogP contribution in [0.25, 0.3) is 0 Å². The smallest absolute Gasteiger partial charge is 0.337 e. The first-order chi connectivity index (χ1) is 16.1. The minimum atomic E-state index is -2.26. The van der Waals surface area contributed by atoms with Crippen LogP contribution < -0.4 is 0 Å². The number of carbonyl (C=O) groups excluding carboxylic acids is 4. The predicted molar refractivity (Wildman–Crippen MR) is 118 cm³/mol. The quantitative estimate of drug-likeness (QED) is 0.302. The Morgan fingerprint density at radius 2 is 1.71 bits per heavy atom. The average Bonchev–Trinajstić information content (AvgIpc) is 3.00. The van der Waals surface area contributed by atoms with E-state index in [4.69, 9.17) is 23.7 Å². The number of aliphatic hydroxyl groups is 2. The fourth-order valence-corrected chi connectivity index (χ4v) is 5.65. The molecule has 0 aromatic heterocycles. The van der Waals surface area contributed by atoms with Gasteiger partial charge in [0.15, 0.2) is 11.7 Å². The van der Waals surface area contributed by atoms with Crippen molar-refractivity contribution < 1.29 is 53.1 Å². The summed E-state index contributed by atoms with van der Waals surface area (Å²) in [7, 11) is 1.33. The molecule has 11 heteroatoms. The molecule has 1 spiro atoms. The van der Waals surface area contributed by atoms with Crippen LogP contribution in [0.15, 0.2) is 23.3 Å². The maximum Gasteiger partial charge on any atom is 0.337 e. The molecule has 0 radical (unpaired) electrons. The fraction of sp³-hybridized carbons (Fsp3) is 0.667. The van der Waals surface area contributed by atoms with E-state index in [9.17, 15) is 29.4 Å². The molecule has 0 saturated heterocycles. The normalized spacial score (nSPS) is 38.1. The van der Waals surface area contributed by atoms with Crippen LogP contribution in [0.2, 0.25) is 0 Å². The third kappa shape index (κ3) is 3.95. The van der Waals surface area contributed by atoms with Gasteiger partial charge >= 0.3 is 23.9 Å². The van der Waals surface area contributed by atoms with E-state index in [2.05, 4.69) is 6.58 Å². The van der Waals surface area contributed by atoms with Gasteiger partial charge in [-0.25, -0.2) is 9.59 Å². The standard InChI is InChI=1S/C24H32O11/c1-12(2)18(27)33-16-10-22(6,34-14(4)26)23(30)9-8-21(5,29)20(32-13(3)25)24(23)17(16)15(11-31-7)19(28)35-24/h16,20,29-30H,1,8-11H2,2-7H3/t16-,20-,21+,22+,23-,24-/m0/s1. The molecule has 194 valence electrons. The van der Waals surface area contributed by atoms with Gasteiger partial charge in [0.1, 0.15) is 17.3 Å². The zero-order valence-electron chi connectivity index (χ0n) is 20.8. The molecule has 6 atom stereocenters. The van der Waals surface area contributed by atoms with Crippen LogP contribution in [-0.4, -0.2) is 82.4 Å². The number of methoxy groups -OCH3 is 1. The second-order valence-corrected chi connectivity index (χ2v) is 9.86. The molecule has 0 aromatic rings. The molecule has 2 saturated carbocycles. The third-order valence-electron chi connectivity index (χ3n) is 7.08. The van der Waals surface area contributed by atoms with Gasteiger partial charge in [-0.15, -0.1) is 0 Å². The lowest BCUT2D eigenvalue weighted by Crippen LogP contribution is -2.82. The number of carbonyl (C=O) groups is 4. The van der Waals surface area contributed by atoms with E-state index in [1.807, 2.05) is 0 Å². The van der Waals surface area contributed by atoms with E-state index in [1.165, 1.54) is 27.9 Å². The van der Waals surface area contributed by atoms with Gasteiger partial charge in [-0.2, -0.15) is 0 Å². The third-order valence-corrected chi connectivity index (χ3v) is 7.08. The summed E-state index contributed by atoms with van der Waals surface area (Å²) >= 11 is 0. The van der Waals surface area contributed by atoms with Crippen LogP contribution in [0.1, 0.15) is 53.9 Å². The van der Waals surface area contributed by atoms with Crippen molar-refractivity contribution in [3.05, 3.63) is 23.3 Å². The summed E-state index contributed by atoms with van der Waals surface area (Å²) in [6.07, 6.45) is -3.48. The van der Waals surface area contributed by atoms with Crippen molar-refractivity contribution in [2.45, 2.75) is 88.5 Å². The SMILES string of the molecule is C=C(C)C(=O)O[C@H]1C[C@@](C)(OC(C)=O)[C@@]2(O)CC[C@@](C)(O)[C@H](OC(C)=O)[C@]23OC(=O)C(COC)=C13. The van der Waals surface area contributed by atoms with Crippen LogP contribution in [0.4, 0.5) is 0 Å². The molecule has 0 unspecified atom stereocenters. The molecular formula is C24H32O11. The maximum atomic E-state index is 13.2. The Balaban J connectivity index is 2.40. The van der Waals surface area contributed by atoms with Gasteiger partial charge in [0, 0.05) is 38.5 Å². The summed E-state index contributed by atoms with van der Waals surface area (Å²) in [5.74, 6) is -3.30. The van der Waals surface area contributed by atoms with Crippen LogP contribution in [0.3, 0.4) is 0 Å². The molecule has 0 amide bonds. The summed E-state index contributed by atoms with van der Waals surface area (Å²) < 4.78 is 27.8. The number of rotatable bonds is 6. The Kier molecular flexibility index (Phi) is 6.69. The highest BCUT2D eigenvalue weighted by Gasteiger charge is 2.81. The molecule has 2 aliphatic carbocycles. The average molecular weight is 497 g/mol. The number of ether oxygens (including phenoxy) is 5. The van der Waals surface area contributed by atoms with Crippen LogP contribution in [0.5, 0.6) is 0 Å². The Hall–Kier alpha value is -2.76. The molecule has 2 fully saturated rings. The van der Waals surface area contributed by atoms with Crippen LogP contribution in [0, 0.1) is 0 Å². The van der Waals surface area contributed by atoms with Crippen molar-refractivity contribution in [3.8, 4) is 0 Å². The van der Waals surface area contributed by atoms with Crippen molar-refractivity contribution in [3.63, 3.8) is 0 Å². The molecule has 11 nitrogen and oxygen atoms in total. The van der Waals surface area contributed by atoms with E-state index in [0.29, 0.717) is 0 Å². The van der Waals surface area contributed by atoms with Gasteiger partial charge in [-0.1, -0.05) is 6.58 Å². The van der Waals surface area contributed by atoms with Crippen LogP contribution in [-0.2, 0) is 42.9 Å². The van der Waals surface area contributed by atoms with Crippen molar-refractivity contribution in [2.24, 2.45) is 0 Å². The molecule has 3 aliphatic rings. The monoisotopic (exact) mass is 496 g/mol. The second-order valence-electron chi connectivity index (χ2n) is 9.86. The van der Waals surface area contributed by atoms with E-state index in [1.54, 1.807) is 0 Å². The van der Waals surface area contributed by atoms with Crippen molar-refractivity contribution in [1.82, 2.24) is 0 Å². The largest absolute Gasteiger partial charge is 0.456 e. The highest BCUT2D eigenvalue weighted by atomic mass is 16.6. The molecule has 0 aromatic carbocycles. The molecule has 1 heterocycles. The highest BCUT2D eigenvalue weighted by Crippen LogP contribution is 2.63. The summed E-state index contributed by atoms with van der Waals surface area (Å²) in [5, 5.41) is 23.6. The van der Waals surface area contributed by atoms with E-state index in [0.717, 1.165) is 13.8 Å². The van der Waals surface area contributed by atoms with Crippen molar-refractivity contribution >= 4 is 23.9 Å². The second kappa shape index (κ2) is 8.72. The van der Waals surface area contributed by atoms with E-state index >= 15 is 0 Å². The predicted octanol–water partition coefficient (Wildman–Crippen LogP) is 0.646. The molecule has 0 bridgehead atoms. The Morgan fingerprint density at radius 3 is 2.23 bits per heavy atom. The molecular weight excluding hydrogens is 464 g/mol. The molecule has 1 aliphatic heterocycles. The topological polar surface area (TPSA) is 155 Å². The summed E-state index contributed by atoms with van der Waals surface area (Å²) in [5.41, 5.74) is -8.04. The lowest BCUT2D eigenvalue weighted by Gasteiger charge is -2.63. The van der Waals surface area contributed by atoms with E-state index in [-0.39, 0.29) is 42.6 Å². The molecule has 3 rings (SSSR count). The lowest BCUT2D eigenvalue weighted by atomic mass is 9.51. The fourth-order valence-electron chi connectivity index (χ4n) is 5.65. The zero-order chi connectivity index (χ0) is 26.6. The zero-order valence-corrected chi connectivity index (χ0v) is 20.8. The molecule has 2 N–H and O–H groups in total. The minimum Gasteiger partial charge on any atom is -0.456 e. The van der Waals surface area contributed by atoms with Gasteiger partial charge in [0.25, 0.3) is 0 Å². The summed E-state index contributed by atoms with van der Waals surface area (Å²) in [6, 6.07) is 0. The summed E-state index contributed by atoms with van der Waals surface area (Å²) in [6.45, 7) is 9.75. The first-order valence-electron chi connectivity index (χ1n) is 11.2. The van der Waals surface area contributed by atoms with E-state index < -0.39 is 58.5 Å². The van der Waals surface area contributed by atoms with Gasteiger partial charge in [-0.05, 0) is 33.6 Å². The lowest BCUT2D eigenvalue weighted by molar-refractivity contribution is -0.324. The number of esters is 4. The highest BCUT2D eigenvalue weighted by molar-refractivity contribution is 5.95. The first-order valence-corrected chi connectivity index (χ1v) is 11.2. The first kappa shape index (κ1) is 26.8. The Morgan fingerprint density at radius 1 is 1.09 bits per heavy atom. The number of hydrogen-bond donors (Lipinski definition) is 2. The van der Waals surface area contributed by atoms with Crippen molar-refractivity contribution in [2.75, 3.05) is 13.7 Å².